The van der Waals surface area contributed by atoms with Crippen molar-refractivity contribution in [1.82, 2.24) is 10.2 Å². The number of allylic oxidation sites excluding steroid dienone is 1. The molecule has 0 spiro atoms. The first-order valence-electron chi connectivity index (χ1n) is 11.1. The molecule has 6 nitrogen and oxygen atoms in total. The minimum absolute atomic E-state index is 0.0385. The summed E-state index contributed by atoms with van der Waals surface area (Å²) in [4.78, 5) is 0. The highest BCUT2D eigenvalue weighted by Gasteiger charge is 2.37. The number of phenols is 1. The molecule has 34 heavy (non-hydrogen) atoms. The summed E-state index contributed by atoms with van der Waals surface area (Å²) in [6.45, 7) is 12.4. The average molecular weight is 521 g/mol. The Hall–Kier alpha value is -3.24. The lowest BCUT2D eigenvalue weighted by atomic mass is 9.74. The minimum Gasteiger partial charge on any atom is -0.507 e. The van der Waals surface area contributed by atoms with Crippen LogP contribution in [-0.4, -0.2) is 15.3 Å². The lowest BCUT2D eigenvalue weighted by molar-refractivity contribution is 0.378. The molecular weight excluding hydrogens is 492 g/mol. The molecule has 0 fully saturated rings. The summed E-state index contributed by atoms with van der Waals surface area (Å²) >= 11 is 3.48. The lowest BCUT2D eigenvalue weighted by Gasteiger charge is -2.31. The van der Waals surface area contributed by atoms with Crippen LogP contribution in [0.3, 0.4) is 0 Å². The molecule has 4 N–H and O–H groups in total. The van der Waals surface area contributed by atoms with Crippen molar-refractivity contribution in [2.45, 2.75) is 58.3 Å². The summed E-state index contributed by atoms with van der Waals surface area (Å²) in [5, 5.41) is 28.8. The van der Waals surface area contributed by atoms with Crippen LogP contribution >= 0.6 is 15.9 Å². The summed E-state index contributed by atoms with van der Waals surface area (Å²) in [6.07, 6.45) is 0. The number of hydrogen-bond donors (Lipinski definition) is 3. The van der Waals surface area contributed by atoms with Crippen molar-refractivity contribution in [1.29, 1.82) is 5.26 Å². The number of nitriles is 1. The number of halogens is 1. The van der Waals surface area contributed by atoms with Gasteiger partial charge in [-0.1, -0.05) is 81.7 Å². The van der Waals surface area contributed by atoms with E-state index in [9.17, 15) is 10.4 Å². The van der Waals surface area contributed by atoms with Gasteiger partial charge in [-0.25, -0.2) is 0 Å². The second-order valence-electron chi connectivity index (χ2n) is 10.7. The van der Waals surface area contributed by atoms with Gasteiger partial charge in [-0.3, -0.25) is 5.10 Å². The van der Waals surface area contributed by atoms with Gasteiger partial charge in [0.05, 0.1) is 17.2 Å². The number of nitrogens with one attached hydrogen (secondary N) is 1. The van der Waals surface area contributed by atoms with Gasteiger partial charge in [0.1, 0.15) is 17.4 Å². The number of fused-ring (bicyclic) bond motifs is 1. The molecule has 0 radical (unpaired) electrons. The number of rotatable bonds is 2. The van der Waals surface area contributed by atoms with Crippen molar-refractivity contribution in [3.8, 4) is 29.0 Å². The number of aromatic hydroxyl groups is 1. The molecule has 0 amide bonds. The highest BCUT2D eigenvalue weighted by Crippen LogP contribution is 2.49. The maximum Gasteiger partial charge on any atom is 0.244 e. The Kier molecular flexibility index (Phi) is 5.77. The van der Waals surface area contributed by atoms with Crippen LogP contribution in [0.15, 0.2) is 52.3 Å². The molecule has 1 aliphatic rings. The Morgan fingerprint density at radius 1 is 1.06 bits per heavy atom. The lowest BCUT2D eigenvalue weighted by Crippen LogP contribution is -2.23. The van der Waals surface area contributed by atoms with E-state index in [0.717, 1.165) is 38.0 Å². The monoisotopic (exact) mass is 520 g/mol. The van der Waals surface area contributed by atoms with Gasteiger partial charge in [0.2, 0.25) is 11.8 Å². The Bertz CT molecular complexity index is 1300. The fourth-order valence-corrected chi connectivity index (χ4v) is 4.65. The highest BCUT2D eigenvalue weighted by atomic mass is 79.9. The fraction of sp³-hybridized carbons (Fsp3) is 0.333. The van der Waals surface area contributed by atoms with Crippen LogP contribution in [0.1, 0.15) is 69.7 Å². The first kappa shape index (κ1) is 23.9. The van der Waals surface area contributed by atoms with Gasteiger partial charge in [-0.15, -0.1) is 5.10 Å². The largest absolute Gasteiger partial charge is 0.507 e. The van der Waals surface area contributed by atoms with E-state index >= 15 is 0 Å². The molecule has 2 heterocycles. The maximum absolute atomic E-state index is 11.2. The summed E-state index contributed by atoms with van der Waals surface area (Å²) in [5.74, 6) is 0.166. The van der Waals surface area contributed by atoms with Crippen LogP contribution in [0, 0.1) is 11.3 Å². The Labute approximate surface area is 208 Å². The van der Waals surface area contributed by atoms with E-state index in [1.165, 1.54) is 0 Å². The minimum atomic E-state index is -0.506. The molecule has 7 heteroatoms. The molecule has 1 aliphatic heterocycles. The van der Waals surface area contributed by atoms with E-state index < -0.39 is 5.92 Å². The topological polar surface area (TPSA) is 108 Å². The van der Waals surface area contributed by atoms with Crippen molar-refractivity contribution in [3.05, 3.63) is 74.6 Å². The van der Waals surface area contributed by atoms with Gasteiger partial charge < -0.3 is 15.6 Å². The van der Waals surface area contributed by atoms with Crippen LogP contribution in [0.2, 0.25) is 0 Å². The molecular formula is C27H29BrN4O2. The van der Waals surface area contributed by atoms with E-state index in [1.807, 2.05) is 36.4 Å². The van der Waals surface area contributed by atoms with Crippen LogP contribution < -0.4 is 10.5 Å². The van der Waals surface area contributed by atoms with Gasteiger partial charge in [0.15, 0.2) is 0 Å². The molecule has 1 aromatic heterocycles. The third-order valence-electron chi connectivity index (χ3n) is 6.15. The standard InChI is InChI=1S/C27H29BrN4O2/c1-26(2,3)18-11-15(12-19(23(18)33)27(4,5)6)20-17(13-29)24(30)34-25-21(20)22(31-32-25)14-7-9-16(28)10-8-14/h7-12,20,33H,30H2,1-6H3,(H,31,32)/t20-/m1/s1. The number of hydrogen-bond acceptors (Lipinski definition) is 5. The molecule has 0 aliphatic carbocycles. The van der Waals surface area contributed by atoms with Crippen molar-refractivity contribution in [3.63, 3.8) is 0 Å². The zero-order valence-corrected chi connectivity index (χ0v) is 21.8. The highest BCUT2D eigenvalue weighted by molar-refractivity contribution is 9.10. The Morgan fingerprint density at radius 2 is 1.62 bits per heavy atom. The normalized spacial score (nSPS) is 16.1. The van der Waals surface area contributed by atoms with Crippen molar-refractivity contribution < 1.29 is 9.84 Å². The molecule has 2 aromatic carbocycles. The molecule has 176 valence electrons. The molecule has 3 aromatic rings. The molecule has 0 saturated heterocycles. The zero-order valence-electron chi connectivity index (χ0n) is 20.2. The van der Waals surface area contributed by atoms with E-state index in [0.29, 0.717) is 11.5 Å². The quantitative estimate of drug-likeness (QED) is 0.364. The fourth-order valence-electron chi connectivity index (χ4n) is 4.38. The second-order valence-corrected chi connectivity index (χ2v) is 11.6. The van der Waals surface area contributed by atoms with Gasteiger partial charge in [0, 0.05) is 10.0 Å². The Morgan fingerprint density at radius 3 is 2.12 bits per heavy atom. The Balaban J connectivity index is 2.04. The van der Waals surface area contributed by atoms with Crippen molar-refractivity contribution in [2.75, 3.05) is 0 Å². The van der Waals surface area contributed by atoms with Crippen molar-refractivity contribution in [2.24, 2.45) is 5.73 Å². The third kappa shape index (κ3) is 4.07. The molecule has 0 bridgehead atoms. The number of nitrogens with zero attached hydrogens (tertiary/aromatic N) is 2. The molecule has 0 saturated carbocycles. The van der Waals surface area contributed by atoms with Crippen LogP contribution in [0.25, 0.3) is 11.3 Å². The van der Waals surface area contributed by atoms with Gasteiger partial charge >= 0.3 is 0 Å². The van der Waals surface area contributed by atoms with E-state index in [1.54, 1.807) is 0 Å². The number of ether oxygens (including phenoxy) is 1. The van der Waals surface area contributed by atoms with Gasteiger partial charge in [-0.2, -0.15) is 5.26 Å². The summed E-state index contributed by atoms with van der Waals surface area (Å²) < 4.78 is 6.73. The molecule has 4 rings (SSSR count). The summed E-state index contributed by atoms with van der Waals surface area (Å²) in [6, 6.07) is 14.1. The van der Waals surface area contributed by atoms with E-state index in [2.05, 4.69) is 73.7 Å². The number of benzene rings is 2. The predicted molar refractivity (Wildman–Crippen MR) is 137 cm³/mol. The number of aromatic amines is 1. The van der Waals surface area contributed by atoms with Crippen molar-refractivity contribution >= 4 is 15.9 Å². The summed E-state index contributed by atoms with van der Waals surface area (Å²) in [5.41, 5.74) is 10.8. The van der Waals surface area contributed by atoms with E-state index in [-0.39, 0.29) is 22.5 Å². The number of phenolic OH excluding ortho intramolecular Hbond substituents is 1. The summed E-state index contributed by atoms with van der Waals surface area (Å²) in [7, 11) is 0. The zero-order chi connectivity index (χ0) is 25.0. The molecule has 0 unspecified atom stereocenters. The first-order chi connectivity index (χ1) is 15.8. The number of H-pyrrole nitrogens is 1. The van der Waals surface area contributed by atoms with Gasteiger partial charge in [-0.05, 0) is 39.7 Å². The van der Waals surface area contributed by atoms with Crippen LogP contribution in [0.4, 0.5) is 0 Å². The third-order valence-corrected chi connectivity index (χ3v) is 6.68. The SMILES string of the molecule is CC(C)(C)c1cc([C@@H]2C(C#N)=C(N)Oc3n[nH]c(-c4ccc(Br)cc4)c32)cc(C(C)(C)C)c1O. The predicted octanol–water partition coefficient (Wildman–Crippen LogP) is 6.36. The second kappa shape index (κ2) is 8.21. The van der Waals surface area contributed by atoms with E-state index in [4.69, 9.17) is 10.5 Å². The first-order valence-corrected chi connectivity index (χ1v) is 11.9. The smallest absolute Gasteiger partial charge is 0.244 e. The van der Waals surface area contributed by atoms with Crippen LogP contribution in [-0.2, 0) is 10.8 Å². The van der Waals surface area contributed by atoms with Crippen LogP contribution in [0.5, 0.6) is 11.6 Å². The average Bonchev–Trinajstić information content (AvgIpc) is 3.15. The molecule has 1 atom stereocenters. The number of aromatic nitrogens is 2. The number of nitrogens with two attached hydrogens (primary N) is 1. The van der Waals surface area contributed by atoms with Gasteiger partial charge in [0.25, 0.3) is 0 Å². The maximum atomic E-state index is 11.2.